The zero-order valence-electron chi connectivity index (χ0n) is 15.2. The quantitative estimate of drug-likeness (QED) is 0.727. The molecule has 1 atom stereocenters. The number of amides is 1. The molecular weight excluding hydrogens is 441 g/mol. The number of hydrogen-bond donors (Lipinski definition) is 1. The highest BCUT2D eigenvalue weighted by molar-refractivity contribution is 9.10. The van der Waals surface area contributed by atoms with Gasteiger partial charge in [0, 0.05) is 25.2 Å². The van der Waals surface area contributed by atoms with E-state index in [1.807, 2.05) is 0 Å². The van der Waals surface area contributed by atoms with E-state index in [0.717, 1.165) is 12.1 Å². The minimum absolute atomic E-state index is 0.208. The van der Waals surface area contributed by atoms with E-state index >= 15 is 0 Å². The summed E-state index contributed by atoms with van der Waals surface area (Å²) in [5.74, 6) is -0.159. The standard InChI is InChI=1S/C19H20BrF3N2O3/c1-12-10-16(20)28-17(12)18(26)24-11-15(25-6-8-27-9-7-25)13-2-4-14(5-3-13)19(21,22)23/h2-5,10,15H,6-9,11H2,1H3,(H,24,26). The van der Waals surface area contributed by atoms with Crippen molar-refractivity contribution in [1.82, 2.24) is 10.2 Å². The number of carbonyl (C=O) groups excluding carboxylic acids is 1. The lowest BCUT2D eigenvalue weighted by atomic mass is 10.0. The van der Waals surface area contributed by atoms with E-state index < -0.39 is 11.7 Å². The molecule has 5 nitrogen and oxygen atoms in total. The van der Waals surface area contributed by atoms with E-state index in [2.05, 4.69) is 26.1 Å². The van der Waals surface area contributed by atoms with E-state index in [1.165, 1.54) is 12.1 Å². The van der Waals surface area contributed by atoms with Gasteiger partial charge in [-0.15, -0.1) is 0 Å². The summed E-state index contributed by atoms with van der Waals surface area (Å²) in [6.07, 6.45) is -4.38. The van der Waals surface area contributed by atoms with Crippen LogP contribution in [0.25, 0.3) is 0 Å². The summed E-state index contributed by atoms with van der Waals surface area (Å²) >= 11 is 3.19. The summed E-state index contributed by atoms with van der Waals surface area (Å²) < 4.78 is 49.8. The fourth-order valence-corrected chi connectivity index (χ4v) is 3.68. The molecule has 0 spiro atoms. The van der Waals surface area contributed by atoms with E-state index in [-0.39, 0.29) is 24.3 Å². The molecule has 0 bridgehead atoms. The lowest BCUT2D eigenvalue weighted by Gasteiger charge is -2.35. The van der Waals surface area contributed by atoms with E-state index in [1.54, 1.807) is 13.0 Å². The molecule has 0 saturated carbocycles. The van der Waals surface area contributed by atoms with Crippen molar-refractivity contribution in [1.29, 1.82) is 0 Å². The molecule has 9 heteroatoms. The van der Waals surface area contributed by atoms with Gasteiger partial charge >= 0.3 is 6.18 Å². The highest BCUT2D eigenvalue weighted by Gasteiger charge is 2.31. The zero-order valence-corrected chi connectivity index (χ0v) is 16.8. The lowest BCUT2D eigenvalue weighted by molar-refractivity contribution is -0.137. The molecule has 0 aliphatic carbocycles. The number of nitrogens with one attached hydrogen (secondary N) is 1. The number of alkyl halides is 3. The third-order valence-corrected chi connectivity index (χ3v) is 5.05. The Balaban J connectivity index is 1.77. The maximum atomic E-state index is 12.9. The number of morpholine rings is 1. The Labute approximate surface area is 169 Å². The molecule has 1 aromatic carbocycles. The van der Waals surface area contributed by atoms with Crippen LogP contribution in [0.5, 0.6) is 0 Å². The molecule has 152 valence electrons. The number of aryl methyl sites for hydroxylation is 1. The predicted molar refractivity (Wildman–Crippen MR) is 100 cm³/mol. The fraction of sp³-hybridized carbons (Fsp3) is 0.421. The summed E-state index contributed by atoms with van der Waals surface area (Å²) in [7, 11) is 0. The predicted octanol–water partition coefficient (Wildman–Crippen LogP) is 4.17. The van der Waals surface area contributed by atoms with Crippen molar-refractivity contribution in [3.8, 4) is 0 Å². The Hall–Kier alpha value is -1.84. The number of furan rings is 1. The van der Waals surface area contributed by atoms with Crippen molar-refractivity contribution in [3.63, 3.8) is 0 Å². The highest BCUT2D eigenvalue weighted by atomic mass is 79.9. The van der Waals surface area contributed by atoms with Crippen molar-refractivity contribution >= 4 is 21.8 Å². The molecule has 1 aliphatic rings. The van der Waals surface area contributed by atoms with Gasteiger partial charge in [-0.25, -0.2) is 0 Å². The van der Waals surface area contributed by atoms with Crippen molar-refractivity contribution < 1.29 is 27.1 Å². The topological polar surface area (TPSA) is 54.7 Å². The number of carbonyl (C=O) groups is 1. The number of halogens is 4. The van der Waals surface area contributed by atoms with Crippen molar-refractivity contribution in [2.45, 2.75) is 19.1 Å². The molecule has 2 heterocycles. The van der Waals surface area contributed by atoms with Crippen LogP contribution in [0, 0.1) is 6.92 Å². The normalized spacial score (nSPS) is 16.8. The number of rotatable bonds is 5. The Bertz CT molecular complexity index is 815. The molecule has 1 aliphatic heterocycles. The van der Waals surface area contributed by atoms with Gasteiger partial charge in [0.25, 0.3) is 5.91 Å². The van der Waals surface area contributed by atoms with Gasteiger partial charge < -0.3 is 14.5 Å². The van der Waals surface area contributed by atoms with Gasteiger partial charge in [-0.2, -0.15) is 13.2 Å². The maximum absolute atomic E-state index is 12.9. The van der Waals surface area contributed by atoms with Gasteiger partial charge in [0.1, 0.15) is 0 Å². The van der Waals surface area contributed by atoms with Crippen LogP contribution in [0.1, 0.15) is 33.3 Å². The van der Waals surface area contributed by atoms with Gasteiger partial charge in [-0.3, -0.25) is 9.69 Å². The van der Waals surface area contributed by atoms with Gasteiger partial charge in [-0.05, 0) is 46.6 Å². The molecule has 2 aromatic rings. The van der Waals surface area contributed by atoms with Crippen LogP contribution in [-0.2, 0) is 10.9 Å². The first-order valence-corrected chi connectivity index (χ1v) is 9.58. The average molecular weight is 461 g/mol. The molecule has 1 unspecified atom stereocenters. The zero-order chi connectivity index (χ0) is 20.3. The van der Waals surface area contributed by atoms with E-state index in [9.17, 15) is 18.0 Å². The van der Waals surface area contributed by atoms with Crippen LogP contribution in [0.15, 0.2) is 39.4 Å². The lowest BCUT2D eigenvalue weighted by Crippen LogP contribution is -2.43. The van der Waals surface area contributed by atoms with Crippen LogP contribution in [-0.4, -0.2) is 43.7 Å². The smallest absolute Gasteiger partial charge is 0.416 e. The average Bonchev–Trinajstić information content (AvgIpc) is 3.00. The second kappa shape index (κ2) is 8.67. The molecular formula is C19H20BrF3N2O3. The Morgan fingerprint density at radius 3 is 2.43 bits per heavy atom. The molecule has 1 fully saturated rings. The SMILES string of the molecule is Cc1cc(Br)oc1C(=O)NCC(c1ccc(C(F)(F)F)cc1)N1CCOCC1. The minimum atomic E-state index is -4.38. The maximum Gasteiger partial charge on any atom is 0.416 e. The van der Waals surface area contributed by atoms with E-state index in [0.29, 0.717) is 42.1 Å². The first-order chi connectivity index (χ1) is 13.3. The first-order valence-electron chi connectivity index (χ1n) is 8.79. The first kappa shape index (κ1) is 20.9. The molecule has 0 radical (unpaired) electrons. The number of ether oxygens (including phenoxy) is 1. The molecule has 1 N–H and O–H groups in total. The third kappa shape index (κ3) is 4.95. The van der Waals surface area contributed by atoms with Crippen LogP contribution in [0.2, 0.25) is 0 Å². The largest absolute Gasteiger partial charge is 0.444 e. The van der Waals surface area contributed by atoms with Gasteiger partial charge in [0.15, 0.2) is 10.4 Å². The van der Waals surface area contributed by atoms with Gasteiger partial charge in [0.2, 0.25) is 0 Å². The second-order valence-electron chi connectivity index (χ2n) is 6.56. The van der Waals surface area contributed by atoms with Crippen molar-refractivity contribution in [3.05, 3.63) is 57.5 Å². The molecule has 1 aromatic heterocycles. The van der Waals surface area contributed by atoms with Crippen LogP contribution in [0.3, 0.4) is 0 Å². The van der Waals surface area contributed by atoms with E-state index in [4.69, 9.17) is 9.15 Å². The van der Waals surface area contributed by atoms with Crippen LogP contribution in [0.4, 0.5) is 13.2 Å². The summed E-state index contributed by atoms with van der Waals surface area (Å²) in [4.78, 5) is 14.6. The van der Waals surface area contributed by atoms with Gasteiger partial charge in [-0.1, -0.05) is 12.1 Å². The Kier molecular flexibility index (Phi) is 6.47. The number of nitrogens with zero attached hydrogens (tertiary/aromatic N) is 1. The van der Waals surface area contributed by atoms with Crippen LogP contribution >= 0.6 is 15.9 Å². The van der Waals surface area contributed by atoms with Crippen molar-refractivity contribution in [2.75, 3.05) is 32.8 Å². The van der Waals surface area contributed by atoms with Gasteiger partial charge in [0.05, 0.1) is 24.8 Å². The molecule has 1 amide bonds. The summed E-state index contributed by atoms with van der Waals surface area (Å²) in [6.45, 7) is 4.34. The van der Waals surface area contributed by atoms with Crippen LogP contribution < -0.4 is 5.32 Å². The minimum Gasteiger partial charge on any atom is -0.444 e. The third-order valence-electron chi connectivity index (χ3n) is 4.66. The summed E-state index contributed by atoms with van der Waals surface area (Å²) in [5.41, 5.74) is 0.700. The second-order valence-corrected chi connectivity index (χ2v) is 7.34. The summed E-state index contributed by atoms with van der Waals surface area (Å²) in [5, 5.41) is 2.84. The highest BCUT2D eigenvalue weighted by Crippen LogP contribution is 2.31. The molecule has 28 heavy (non-hydrogen) atoms. The Morgan fingerprint density at radius 1 is 1.25 bits per heavy atom. The fourth-order valence-electron chi connectivity index (χ4n) is 3.18. The number of benzene rings is 1. The Morgan fingerprint density at radius 2 is 1.89 bits per heavy atom. The monoisotopic (exact) mass is 460 g/mol. The van der Waals surface area contributed by atoms with Crippen molar-refractivity contribution in [2.24, 2.45) is 0 Å². The number of hydrogen-bond acceptors (Lipinski definition) is 4. The molecule has 1 saturated heterocycles. The molecule has 3 rings (SSSR count). The summed E-state index contributed by atoms with van der Waals surface area (Å²) in [6, 6.07) is 6.49.